The molecular weight excluding hydrogens is 208 g/mol. The Morgan fingerprint density at radius 3 is 3.00 bits per heavy atom. The third-order valence-electron chi connectivity index (χ3n) is 2.36. The van der Waals surface area contributed by atoms with E-state index in [1.807, 2.05) is 32.2 Å². The minimum atomic E-state index is -1.01. The quantitative estimate of drug-likeness (QED) is 0.847. The van der Waals surface area contributed by atoms with E-state index in [2.05, 4.69) is 5.10 Å². The van der Waals surface area contributed by atoms with Crippen molar-refractivity contribution in [3.63, 3.8) is 0 Å². The number of aryl methyl sites for hydroxylation is 2. The van der Waals surface area contributed by atoms with Gasteiger partial charge in [0.2, 0.25) is 5.88 Å². The highest BCUT2D eigenvalue weighted by Crippen LogP contribution is 2.26. The predicted molar refractivity (Wildman–Crippen MR) is 58.6 cm³/mol. The van der Waals surface area contributed by atoms with Gasteiger partial charge in [-0.2, -0.15) is 0 Å². The first kappa shape index (κ1) is 10.5. The van der Waals surface area contributed by atoms with Gasteiger partial charge >= 0.3 is 5.97 Å². The molecule has 1 heterocycles. The summed E-state index contributed by atoms with van der Waals surface area (Å²) in [7, 11) is 1.81. The van der Waals surface area contributed by atoms with Crippen molar-refractivity contribution in [2.75, 3.05) is 6.61 Å². The summed E-state index contributed by atoms with van der Waals surface area (Å²) in [6.07, 6.45) is 0. The van der Waals surface area contributed by atoms with Gasteiger partial charge in [0.15, 0.2) is 6.61 Å². The summed E-state index contributed by atoms with van der Waals surface area (Å²) in [6.45, 7) is 1.60. The first-order valence-electron chi connectivity index (χ1n) is 4.86. The Kier molecular flexibility index (Phi) is 2.52. The van der Waals surface area contributed by atoms with Gasteiger partial charge in [0.1, 0.15) is 0 Å². The van der Waals surface area contributed by atoms with Crippen molar-refractivity contribution in [1.29, 1.82) is 0 Å². The number of carboxylic acids is 1. The molecule has 5 nitrogen and oxygen atoms in total. The van der Waals surface area contributed by atoms with Crippen LogP contribution >= 0.6 is 0 Å². The number of aliphatic carboxylic acids is 1. The van der Waals surface area contributed by atoms with Crippen molar-refractivity contribution in [1.82, 2.24) is 9.78 Å². The van der Waals surface area contributed by atoms with E-state index in [-0.39, 0.29) is 6.61 Å². The van der Waals surface area contributed by atoms with Crippen LogP contribution in [0.4, 0.5) is 0 Å². The number of rotatable bonds is 3. The van der Waals surface area contributed by atoms with Crippen molar-refractivity contribution < 1.29 is 14.6 Å². The van der Waals surface area contributed by atoms with Gasteiger partial charge < -0.3 is 9.84 Å². The van der Waals surface area contributed by atoms with Crippen molar-refractivity contribution in [2.45, 2.75) is 6.92 Å². The van der Waals surface area contributed by atoms with Gasteiger partial charge in [0, 0.05) is 7.05 Å². The maximum atomic E-state index is 10.4. The zero-order chi connectivity index (χ0) is 11.7. The van der Waals surface area contributed by atoms with Crippen LogP contribution in [-0.4, -0.2) is 27.5 Å². The largest absolute Gasteiger partial charge is 0.479 e. The molecule has 1 aromatic heterocycles. The SMILES string of the molecule is Cc1cccc2c(OCC(=O)O)nn(C)c12. The molecule has 1 N–H and O–H groups in total. The van der Waals surface area contributed by atoms with Gasteiger partial charge in [-0.15, -0.1) is 5.10 Å². The molecule has 0 atom stereocenters. The van der Waals surface area contributed by atoms with Gasteiger partial charge in [-0.05, 0) is 18.6 Å². The van der Waals surface area contributed by atoms with Crippen LogP contribution in [0.15, 0.2) is 18.2 Å². The number of carboxylic acid groups (broad SMARTS) is 1. The van der Waals surface area contributed by atoms with Crippen LogP contribution in [-0.2, 0) is 11.8 Å². The Morgan fingerprint density at radius 2 is 2.31 bits per heavy atom. The number of benzene rings is 1. The van der Waals surface area contributed by atoms with E-state index in [1.165, 1.54) is 0 Å². The minimum absolute atomic E-state index is 0.364. The zero-order valence-electron chi connectivity index (χ0n) is 9.10. The molecule has 0 spiro atoms. The molecular formula is C11H12N2O3. The molecule has 16 heavy (non-hydrogen) atoms. The van der Waals surface area contributed by atoms with Crippen LogP contribution < -0.4 is 4.74 Å². The van der Waals surface area contributed by atoms with Crippen LogP contribution in [0.3, 0.4) is 0 Å². The van der Waals surface area contributed by atoms with Gasteiger partial charge in [0.25, 0.3) is 0 Å². The van der Waals surface area contributed by atoms with Crippen LogP contribution in [0, 0.1) is 6.92 Å². The second-order valence-electron chi connectivity index (χ2n) is 3.58. The van der Waals surface area contributed by atoms with E-state index < -0.39 is 5.97 Å². The number of hydrogen-bond donors (Lipinski definition) is 1. The first-order valence-corrected chi connectivity index (χ1v) is 4.86. The topological polar surface area (TPSA) is 64.3 Å². The molecule has 5 heteroatoms. The average Bonchev–Trinajstić information content (AvgIpc) is 2.54. The average molecular weight is 220 g/mol. The lowest BCUT2D eigenvalue weighted by Crippen LogP contribution is -2.09. The number of para-hydroxylation sites is 1. The van der Waals surface area contributed by atoms with Crippen molar-refractivity contribution in [3.05, 3.63) is 23.8 Å². The molecule has 0 aliphatic heterocycles. The van der Waals surface area contributed by atoms with Crippen LogP contribution in [0.1, 0.15) is 5.56 Å². The fraction of sp³-hybridized carbons (Fsp3) is 0.273. The molecule has 0 fully saturated rings. The third kappa shape index (κ3) is 1.71. The molecule has 0 amide bonds. The molecule has 0 unspecified atom stereocenters. The van der Waals surface area contributed by atoms with Crippen molar-refractivity contribution in [2.24, 2.45) is 7.05 Å². The van der Waals surface area contributed by atoms with Crippen molar-refractivity contribution >= 4 is 16.9 Å². The lowest BCUT2D eigenvalue weighted by molar-refractivity contribution is -0.139. The summed E-state index contributed by atoms with van der Waals surface area (Å²) in [5, 5.41) is 13.5. The van der Waals surface area contributed by atoms with Gasteiger partial charge in [0.05, 0.1) is 10.9 Å². The monoisotopic (exact) mass is 220 g/mol. The molecule has 2 rings (SSSR count). The van der Waals surface area contributed by atoms with Gasteiger partial charge in [-0.1, -0.05) is 12.1 Å². The van der Waals surface area contributed by atoms with E-state index in [4.69, 9.17) is 9.84 Å². The fourth-order valence-corrected chi connectivity index (χ4v) is 1.74. The summed E-state index contributed by atoms with van der Waals surface area (Å²) < 4.78 is 6.82. The second-order valence-corrected chi connectivity index (χ2v) is 3.58. The number of nitrogens with zero attached hydrogens (tertiary/aromatic N) is 2. The van der Waals surface area contributed by atoms with Crippen molar-refractivity contribution in [3.8, 4) is 5.88 Å². The summed E-state index contributed by atoms with van der Waals surface area (Å²) in [6, 6.07) is 5.74. The fourth-order valence-electron chi connectivity index (χ4n) is 1.74. The molecule has 1 aromatic carbocycles. The van der Waals surface area contributed by atoms with E-state index in [9.17, 15) is 4.79 Å². The van der Waals surface area contributed by atoms with Gasteiger partial charge in [-0.3, -0.25) is 4.68 Å². The molecule has 0 saturated heterocycles. The summed E-state index contributed by atoms with van der Waals surface area (Å²) >= 11 is 0. The normalized spacial score (nSPS) is 10.6. The highest BCUT2D eigenvalue weighted by Gasteiger charge is 2.12. The van der Waals surface area contributed by atoms with Crippen LogP contribution in [0.5, 0.6) is 5.88 Å². The molecule has 0 aliphatic rings. The first-order chi connectivity index (χ1) is 7.59. The molecule has 2 aromatic rings. The second kappa shape index (κ2) is 3.84. The predicted octanol–water partition coefficient (Wildman–Crippen LogP) is 1.35. The molecule has 84 valence electrons. The van der Waals surface area contributed by atoms with Gasteiger partial charge in [-0.25, -0.2) is 4.79 Å². The minimum Gasteiger partial charge on any atom is -0.479 e. The van der Waals surface area contributed by atoms with Crippen LogP contribution in [0.2, 0.25) is 0 Å². The maximum Gasteiger partial charge on any atom is 0.341 e. The summed E-state index contributed by atoms with van der Waals surface area (Å²) in [5.74, 6) is -0.643. The van der Waals surface area contributed by atoms with E-state index in [0.717, 1.165) is 16.5 Å². The van der Waals surface area contributed by atoms with Crippen LogP contribution in [0.25, 0.3) is 10.9 Å². The Bertz CT molecular complexity index is 545. The Hall–Kier alpha value is -2.04. The van der Waals surface area contributed by atoms with E-state index in [0.29, 0.717) is 5.88 Å². The summed E-state index contributed by atoms with van der Waals surface area (Å²) in [4.78, 5) is 10.4. The highest BCUT2D eigenvalue weighted by molar-refractivity contribution is 5.87. The Labute approximate surface area is 92.2 Å². The number of ether oxygens (including phenoxy) is 1. The smallest absolute Gasteiger partial charge is 0.341 e. The van der Waals surface area contributed by atoms with E-state index in [1.54, 1.807) is 4.68 Å². The number of carbonyl (C=O) groups is 1. The lowest BCUT2D eigenvalue weighted by Gasteiger charge is -1.99. The molecule has 0 saturated carbocycles. The third-order valence-corrected chi connectivity index (χ3v) is 2.36. The molecule has 0 bridgehead atoms. The standard InChI is InChI=1S/C11H12N2O3/c1-7-4-3-5-8-10(7)13(2)12-11(8)16-6-9(14)15/h3-5H,6H2,1-2H3,(H,14,15). The van der Waals surface area contributed by atoms with E-state index >= 15 is 0 Å². The molecule has 0 radical (unpaired) electrons. The number of fused-ring (bicyclic) bond motifs is 1. The zero-order valence-corrected chi connectivity index (χ0v) is 9.10. The molecule has 0 aliphatic carbocycles. The maximum absolute atomic E-state index is 10.4. The summed E-state index contributed by atoms with van der Waals surface area (Å²) in [5.41, 5.74) is 2.04. The Morgan fingerprint density at radius 1 is 1.56 bits per heavy atom. The lowest BCUT2D eigenvalue weighted by atomic mass is 10.2. The Balaban J connectivity index is 2.47. The number of hydrogen-bond acceptors (Lipinski definition) is 3. The highest BCUT2D eigenvalue weighted by atomic mass is 16.5. The number of aromatic nitrogens is 2.